The summed E-state index contributed by atoms with van der Waals surface area (Å²) in [7, 11) is 0. The van der Waals surface area contributed by atoms with E-state index in [1.165, 1.54) is 13.8 Å². The smallest absolute Gasteiger partial charge is 0.339 e. The molecule has 0 unspecified atom stereocenters. The largest absolute Gasteiger partial charge is 0.478 e. The third-order valence-corrected chi connectivity index (χ3v) is 0.983. The number of carboxylic acid groups (broad SMARTS) is 1. The molecule has 4 heteroatoms. The summed E-state index contributed by atoms with van der Waals surface area (Å²) in [5.74, 6) is -1.15. The van der Waals surface area contributed by atoms with Crippen LogP contribution in [0.3, 0.4) is 0 Å². The van der Waals surface area contributed by atoms with E-state index >= 15 is 0 Å². The molecule has 10 heavy (non-hydrogen) atoms. The van der Waals surface area contributed by atoms with E-state index < -0.39 is 5.97 Å². The lowest BCUT2D eigenvalue weighted by atomic mass is 10.1. The predicted octanol–water partition coefficient (Wildman–Crippen LogP) is 0.343. The quantitative estimate of drug-likeness (QED) is 0.384. The summed E-state index contributed by atoms with van der Waals surface area (Å²) in [5, 5.41) is 15.4. The van der Waals surface area contributed by atoms with E-state index in [9.17, 15) is 4.79 Å². The van der Waals surface area contributed by atoms with Gasteiger partial charge in [0.25, 0.3) is 0 Å². The van der Waals surface area contributed by atoms with Crippen molar-refractivity contribution in [1.82, 2.24) is 0 Å². The van der Waals surface area contributed by atoms with Crippen LogP contribution in [0.1, 0.15) is 13.8 Å². The zero-order chi connectivity index (χ0) is 8.31. The molecule has 0 saturated heterocycles. The van der Waals surface area contributed by atoms with Gasteiger partial charge < -0.3 is 16.2 Å². The minimum atomic E-state index is -1.15. The van der Waals surface area contributed by atoms with Gasteiger partial charge >= 0.3 is 5.97 Å². The molecule has 0 rings (SSSR count). The minimum Gasteiger partial charge on any atom is -0.478 e. The number of nitrogens with two attached hydrogens (primary N) is 1. The molecule has 0 bridgehead atoms. The van der Waals surface area contributed by atoms with E-state index in [-0.39, 0.29) is 17.0 Å². The Kier molecular flexibility index (Phi) is 2.61. The van der Waals surface area contributed by atoms with Crippen molar-refractivity contribution in [2.24, 2.45) is 5.73 Å². The summed E-state index contributed by atoms with van der Waals surface area (Å²) >= 11 is 0. The van der Waals surface area contributed by atoms with Crippen molar-refractivity contribution in [3.05, 3.63) is 11.3 Å². The lowest BCUT2D eigenvalue weighted by Gasteiger charge is -1.99. The average molecular weight is 142 g/mol. The fourth-order valence-corrected chi connectivity index (χ4v) is 0.625. The first kappa shape index (κ1) is 8.68. The van der Waals surface area contributed by atoms with Crippen LogP contribution >= 0.6 is 0 Å². The van der Waals surface area contributed by atoms with Gasteiger partial charge in [-0.15, -0.1) is 0 Å². The lowest BCUT2D eigenvalue weighted by Crippen LogP contribution is -2.14. The van der Waals surface area contributed by atoms with Crippen LogP contribution < -0.4 is 5.73 Å². The molecular formula is C6H10N2O2. The van der Waals surface area contributed by atoms with Crippen LogP contribution in [0.5, 0.6) is 0 Å². The SMILES string of the molecule is CC(=N)/C(C(=O)O)=C(/C)N. The summed E-state index contributed by atoms with van der Waals surface area (Å²) in [6.07, 6.45) is 0. The first-order valence-electron chi connectivity index (χ1n) is 2.72. The van der Waals surface area contributed by atoms with Gasteiger partial charge in [-0.05, 0) is 13.8 Å². The minimum absolute atomic E-state index is 0.0208. The van der Waals surface area contributed by atoms with Crippen molar-refractivity contribution in [3.8, 4) is 0 Å². The van der Waals surface area contributed by atoms with E-state index in [0.29, 0.717) is 0 Å². The van der Waals surface area contributed by atoms with Crippen molar-refractivity contribution in [2.75, 3.05) is 0 Å². The zero-order valence-electron chi connectivity index (χ0n) is 5.93. The Morgan fingerprint density at radius 1 is 1.50 bits per heavy atom. The van der Waals surface area contributed by atoms with Gasteiger partial charge in [-0.3, -0.25) is 0 Å². The van der Waals surface area contributed by atoms with Gasteiger partial charge in [0.2, 0.25) is 0 Å². The van der Waals surface area contributed by atoms with Crippen molar-refractivity contribution >= 4 is 11.7 Å². The normalized spacial score (nSPS) is 12.2. The van der Waals surface area contributed by atoms with Crippen molar-refractivity contribution in [1.29, 1.82) is 5.41 Å². The molecule has 56 valence electrons. The van der Waals surface area contributed by atoms with Crippen LogP contribution in [0.15, 0.2) is 11.3 Å². The van der Waals surface area contributed by atoms with E-state index in [4.69, 9.17) is 16.2 Å². The van der Waals surface area contributed by atoms with Crippen LogP contribution in [-0.4, -0.2) is 16.8 Å². The van der Waals surface area contributed by atoms with Crippen LogP contribution in [0.2, 0.25) is 0 Å². The first-order valence-corrected chi connectivity index (χ1v) is 2.72. The van der Waals surface area contributed by atoms with Crippen LogP contribution in [0, 0.1) is 5.41 Å². The second-order valence-electron chi connectivity index (χ2n) is 1.99. The molecule has 0 saturated carbocycles. The van der Waals surface area contributed by atoms with Gasteiger partial charge in [0.1, 0.15) is 0 Å². The Morgan fingerprint density at radius 2 is 1.90 bits per heavy atom. The number of aliphatic carboxylic acids is 1. The first-order chi connectivity index (χ1) is 4.46. The van der Waals surface area contributed by atoms with Crippen LogP contribution in [0.25, 0.3) is 0 Å². The maximum Gasteiger partial charge on any atom is 0.339 e. The molecule has 0 aromatic rings. The summed E-state index contributed by atoms with van der Waals surface area (Å²) in [4.78, 5) is 10.3. The summed E-state index contributed by atoms with van der Waals surface area (Å²) < 4.78 is 0. The van der Waals surface area contributed by atoms with Crippen LogP contribution in [0.4, 0.5) is 0 Å². The fourth-order valence-electron chi connectivity index (χ4n) is 0.625. The Hall–Kier alpha value is -1.32. The second-order valence-corrected chi connectivity index (χ2v) is 1.99. The third-order valence-electron chi connectivity index (χ3n) is 0.983. The average Bonchev–Trinajstić information content (AvgIpc) is 1.59. The second kappa shape index (κ2) is 3.00. The van der Waals surface area contributed by atoms with Crippen molar-refractivity contribution < 1.29 is 9.90 Å². The molecule has 4 N–H and O–H groups in total. The highest BCUT2D eigenvalue weighted by Gasteiger charge is 2.10. The molecule has 0 fully saturated rings. The molecule has 0 aliphatic heterocycles. The van der Waals surface area contributed by atoms with Crippen molar-refractivity contribution in [3.63, 3.8) is 0 Å². The molecule has 0 amide bonds. The Bertz CT molecular complexity index is 186. The highest BCUT2D eigenvalue weighted by Crippen LogP contribution is 1.99. The zero-order valence-corrected chi connectivity index (χ0v) is 5.93. The van der Waals surface area contributed by atoms with E-state index in [2.05, 4.69) is 0 Å². The molecule has 0 aliphatic rings. The monoisotopic (exact) mass is 142 g/mol. The number of allylic oxidation sites excluding steroid dienone is 1. The Labute approximate surface area is 58.9 Å². The molecular weight excluding hydrogens is 132 g/mol. The molecule has 0 aliphatic carbocycles. The van der Waals surface area contributed by atoms with E-state index in [0.717, 1.165) is 0 Å². The summed E-state index contributed by atoms with van der Waals surface area (Å²) in [5.41, 5.74) is 5.23. The topological polar surface area (TPSA) is 87.2 Å². The predicted molar refractivity (Wildman–Crippen MR) is 37.9 cm³/mol. The van der Waals surface area contributed by atoms with Gasteiger partial charge in [0.05, 0.1) is 5.57 Å². The van der Waals surface area contributed by atoms with Crippen LogP contribution in [-0.2, 0) is 4.79 Å². The maximum absolute atomic E-state index is 10.3. The number of nitrogens with one attached hydrogen (secondary N) is 1. The van der Waals surface area contributed by atoms with Gasteiger partial charge in [-0.25, -0.2) is 4.79 Å². The summed E-state index contributed by atoms with van der Waals surface area (Å²) in [6, 6.07) is 0. The maximum atomic E-state index is 10.3. The third kappa shape index (κ3) is 1.89. The molecule has 0 aromatic carbocycles. The molecule has 4 nitrogen and oxygen atoms in total. The molecule has 0 radical (unpaired) electrons. The number of hydrogen-bond acceptors (Lipinski definition) is 3. The number of carbonyl (C=O) groups is 1. The van der Waals surface area contributed by atoms with Gasteiger partial charge in [-0.1, -0.05) is 0 Å². The lowest BCUT2D eigenvalue weighted by molar-refractivity contribution is -0.132. The molecule has 0 aromatic heterocycles. The highest BCUT2D eigenvalue weighted by molar-refractivity contribution is 6.17. The molecule has 0 atom stereocenters. The summed E-state index contributed by atoms with van der Waals surface area (Å²) in [6.45, 7) is 2.85. The van der Waals surface area contributed by atoms with Gasteiger partial charge in [0.15, 0.2) is 0 Å². The fraction of sp³-hybridized carbons (Fsp3) is 0.333. The van der Waals surface area contributed by atoms with Gasteiger partial charge in [0, 0.05) is 11.4 Å². The Morgan fingerprint density at radius 3 is 1.90 bits per heavy atom. The van der Waals surface area contributed by atoms with E-state index in [1.807, 2.05) is 0 Å². The highest BCUT2D eigenvalue weighted by atomic mass is 16.4. The standard InChI is InChI=1S/C6H10N2O2/c1-3(7)5(4(2)8)6(9)10/h7H,8H2,1-2H3,(H,9,10)/b5-4+,7-3?. The molecule has 0 heterocycles. The Balaban J connectivity index is 4.79. The molecule has 0 spiro atoms. The number of rotatable bonds is 2. The number of carboxylic acids is 1. The van der Waals surface area contributed by atoms with E-state index in [1.54, 1.807) is 0 Å². The van der Waals surface area contributed by atoms with Crippen molar-refractivity contribution in [2.45, 2.75) is 13.8 Å². The van der Waals surface area contributed by atoms with Gasteiger partial charge in [-0.2, -0.15) is 0 Å². The number of hydrogen-bond donors (Lipinski definition) is 3.